The van der Waals surface area contributed by atoms with Crippen molar-refractivity contribution in [2.45, 2.75) is 38.5 Å². The minimum Gasteiger partial charge on any atom is -0.303 e. The van der Waals surface area contributed by atoms with Gasteiger partial charge in [-0.25, -0.2) is 0 Å². The molecule has 0 N–H and O–H groups in total. The van der Waals surface area contributed by atoms with Gasteiger partial charge >= 0.3 is 0 Å². The fourth-order valence-corrected chi connectivity index (χ4v) is 4.27. The predicted octanol–water partition coefficient (Wildman–Crippen LogP) is 5.54. The van der Waals surface area contributed by atoms with Gasteiger partial charge < -0.3 is 4.90 Å². The van der Waals surface area contributed by atoms with Crippen molar-refractivity contribution < 1.29 is 0 Å². The van der Waals surface area contributed by atoms with Crippen molar-refractivity contribution in [1.82, 2.24) is 4.90 Å². The molecule has 2 heteroatoms. The summed E-state index contributed by atoms with van der Waals surface area (Å²) in [6.45, 7) is 3.81. The molecule has 1 heterocycles. The van der Waals surface area contributed by atoms with Crippen LogP contribution in [0.5, 0.6) is 0 Å². The molecule has 1 nitrogen and oxygen atoms in total. The topological polar surface area (TPSA) is 3.24 Å². The van der Waals surface area contributed by atoms with Crippen LogP contribution >= 0.6 is 12.4 Å². The number of hydrogen-bond acceptors (Lipinski definition) is 1. The number of allylic oxidation sites excluding steroid dienone is 1. The summed E-state index contributed by atoms with van der Waals surface area (Å²) in [5.74, 6) is 0. The predicted molar refractivity (Wildman–Crippen MR) is 109 cm³/mol. The summed E-state index contributed by atoms with van der Waals surface area (Å²) in [6.07, 6.45) is 7.63. The molecule has 1 saturated heterocycles. The van der Waals surface area contributed by atoms with E-state index < -0.39 is 0 Å². The Hall–Kier alpha value is -1.57. The number of halogens is 1. The van der Waals surface area contributed by atoms with Gasteiger partial charge in [0.15, 0.2) is 0 Å². The summed E-state index contributed by atoms with van der Waals surface area (Å²) in [7, 11) is 0. The molecule has 0 atom stereocenters. The van der Waals surface area contributed by atoms with Crippen molar-refractivity contribution in [2.75, 3.05) is 19.6 Å². The SMILES string of the molecule is Cl.c1ccc(CC2=C(CCN3CCCCC3)c3ccccc3C2)cc1. The van der Waals surface area contributed by atoms with E-state index >= 15 is 0 Å². The van der Waals surface area contributed by atoms with Crippen LogP contribution in [-0.2, 0) is 12.8 Å². The summed E-state index contributed by atoms with van der Waals surface area (Å²) in [5, 5.41) is 0. The monoisotopic (exact) mass is 353 g/mol. The lowest BCUT2D eigenvalue weighted by molar-refractivity contribution is 0.234. The molecule has 1 aliphatic heterocycles. The number of nitrogens with zero attached hydrogens (tertiary/aromatic N) is 1. The zero-order chi connectivity index (χ0) is 16.2. The lowest BCUT2D eigenvalue weighted by atomic mass is 9.98. The van der Waals surface area contributed by atoms with E-state index in [1.807, 2.05) is 0 Å². The van der Waals surface area contributed by atoms with Crippen molar-refractivity contribution in [3.63, 3.8) is 0 Å². The lowest BCUT2D eigenvalue weighted by Gasteiger charge is -2.26. The number of benzene rings is 2. The zero-order valence-corrected chi connectivity index (χ0v) is 15.7. The van der Waals surface area contributed by atoms with E-state index in [-0.39, 0.29) is 12.4 Å². The van der Waals surface area contributed by atoms with Gasteiger partial charge in [0.05, 0.1) is 0 Å². The molecule has 0 bridgehead atoms. The third-order valence-electron chi connectivity index (χ3n) is 5.56. The number of fused-ring (bicyclic) bond motifs is 1. The van der Waals surface area contributed by atoms with Crippen molar-refractivity contribution in [2.24, 2.45) is 0 Å². The lowest BCUT2D eigenvalue weighted by Crippen LogP contribution is -2.30. The molecule has 0 aromatic heterocycles. The highest BCUT2D eigenvalue weighted by Gasteiger charge is 2.22. The Labute approximate surface area is 158 Å². The second-order valence-corrected chi connectivity index (χ2v) is 7.23. The Morgan fingerprint density at radius 2 is 1.52 bits per heavy atom. The van der Waals surface area contributed by atoms with E-state index in [0.717, 1.165) is 12.8 Å². The maximum atomic E-state index is 2.66. The Morgan fingerprint density at radius 3 is 2.32 bits per heavy atom. The summed E-state index contributed by atoms with van der Waals surface area (Å²) in [4.78, 5) is 2.66. The fourth-order valence-electron chi connectivity index (χ4n) is 4.27. The van der Waals surface area contributed by atoms with Crippen LogP contribution in [-0.4, -0.2) is 24.5 Å². The molecule has 2 aliphatic rings. The quantitative estimate of drug-likeness (QED) is 0.682. The second kappa shape index (κ2) is 8.69. The number of rotatable bonds is 5. The minimum absolute atomic E-state index is 0. The molecule has 1 fully saturated rings. The molecular formula is C23H28ClN. The smallest absolute Gasteiger partial charge is 0.00220 e. The molecule has 0 spiro atoms. The first-order chi connectivity index (χ1) is 11.9. The van der Waals surface area contributed by atoms with Crippen molar-refractivity contribution in [3.8, 4) is 0 Å². The van der Waals surface area contributed by atoms with Crippen LogP contribution in [0.4, 0.5) is 0 Å². The first-order valence-corrected chi connectivity index (χ1v) is 9.45. The Morgan fingerprint density at radius 1 is 0.800 bits per heavy atom. The first-order valence-electron chi connectivity index (χ1n) is 9.45. The summed E-state index contributed by atoms with van der Waals surface area (Å²) in [5.41, 5.74) is 7.74. The van der Waals surface area contributed by atoms with Crippen LogP contribution < -0.4 is 0 Å². The third-order valence-corrected chi connectivity index (χ3v) is 5.56. The highest BCUT2D eigenvalue weighted by Crippen LogP contribution is 2.36. The van der Waals surface area contributed by atoms with Gasteiger partial charge in [0.1, 0.15) is 0 Å². The van der Waals surface area contributed by atoms with Gasteiger partial charge in [0, 0.05) is 6.54 Å². The Balaban J connectivity index is 0.00000182. The average Bonchev–Trinajstić information content (AvgIpc) is 2.99. The van der Waals surface area contributed by atoms with Gasteiger partial charge in [0.2, 0.25) is 0 Å². The van der Waals surface area contributed by atoms with E-state index in [0.29, 0.717) is 0 Å². The van der Waals surface area contributed by atoms with Crippen LogP contribution in [0.3, 0.4) is 0 Å². The second-order valence-electron chi connectivity index (χ2n) is 7.23. The van der Waals surface area contributed by atoms with E-state index in [2.05, 4.69) is 59.5 Å². The third kappa shape index (κ3) is 4.34. The molecule has 25 heavy (non-hydrogen) atoms. The number of hydrogen-bond donors (Lipinski definition) is 0. The first kappa shape index (κ1) is 18.2. The van der Waals surface area contributed by atoms with Crippen molar-refractivity contribution in [1.29, 1.82) is 0 Å². The van der Waals surface area contributed by atoms with Gasteiger partial charge in [0.25, 0.3) is 0 Å². The van der Waals surface area contributed by atoms with E-state index in [1.54, 1.807) is 11.1 Å². The molecule has 2 aromatic carbocycles. The maximum absolute atomic E-state index is 2.66. The molecule has 0 saturated carbocycles. The largest absolute Gasteiger partial charge is 0.303 e. The zero-order valence-electron chi connectivity index (χ0n) is 14.9. The molecule has 2 aromatic rings. The highest BCUT2D eigenvalue weighted by molar-refractivity contribution is 5.85. The van der Waals surface area contributed by atoms with Gasteiger partial charge in [-0.1, -0.05) is 66.6 Å². The summed E-state index contributed by atoms with van der Waals surface area (Å²) in [6, 6.07) is 20.0. The van der Waals surface area contributed by atoms with E-state index in [9.17, 15) is 0 Å². The van der Waals surface area contributed by atoms with Crippen LogP contribution in [0.25, 0.3) is 5.57 Å². The standard InChI is InChI=1S/C23H27N.ClH/c1-3-9-19(10-4-1)17-21-18-20-11-5-6-12-22(20)23(21)13-16-24-14-7-2-8-15-24;/h1,3-6,9-12H,2,7-8,13-18H2;1H. The van der Waals surface area contributed by atoms with Crippen LogP contribution in [0.15, 0.2) is 60.2 Å². The van der Waals surface area contributed by atoms with Crippen LogP contribution in [0, 0.1) is 0 Å². The van der Waals surface area contributed by atoms with Crippen molar-refractivity contribution in [3.05, 3.63) is 76.9 Å². The highest BCUT2D eigenvalue weighted by atomic mass is 35.5. The molecule has 1 aliphatic carbocycles. The minimum atomic E-state index is 0. The summed E-state index contributed by atoms with van der Waals surface area (Å²) >= 11 is 0. The number of likely N-dealkylation sites (tertiary alicyclic amines) is 1. The van der Waals surface area contributed by atoms with Gasteiger partial charge in [-0.3, -0.25) is 0 Å². The molecule has 0 unspecified atom stereocenters. The van der Waals surface area contributed by atoms with E-state index in [1.165, 1.54) is 62.0 Å². The number of piperidine rings is 1. The Bertz CT molecular complexity index is 714. The van der Waals surface area contributed by atoms with Crippen LogP contribution in [0.1, 0.15) is 42.4 Å². The molecule has 0 amide bonds. The summed E-state index contributed by atoms with van der Waals surface area (Å²) < 4.78 is 0. The fraction of sp³-hybridized carbons (Fsp3) is 0.391. The van der Waals surface area contributed by atoms with E-state index in [4.69, 9.17) is 0 Å². The molecular weight excluding hydrogens is 326 g/mol. The Kier molecular flexibility index (Phi) is 6.34. The van der Waals surface area contributed by atoms with Crippen molar-refractivity contribution >= 4 is 18.0 Å². The molecule has 4 rings (SSSR count). The average molecular weight is 354 g/mol. The maximum Gasteiger partial charge on any atom is 0.00220 e. The van der Waals surface area contributed by atoms with Gasteiger partial charge in [-0.2, -0.15) is 0 Å². The molecule has 132 valence electrons. The van der Waals surface area contributed by atoms with Crippen LogP contribution in [0.2, 0.25) is 0 Å². The normalized spacial score (nSPS) is 17.3. The molecule has 0 radical (unpaired) electrons. The van der Waals surface area contributed by atoms with Gasteiger partial charge in [-0.05, 0) is 67.5 Å². The van der Waals surface area contributed by atoms with Gasteiger partial charge in [-0.15, -0.1) is 12.4 Å².